The molecule has 3 rings (SSSR count). The van der Waals surface area contributed by atoms with E-state index in [1.807, 2.05) is 26.0 Å². The lowest BCUT2D eigenvalue weighted by molar-refractivity contribution is 0.0933. The molecule has 20 heavy (non-hydrogen) atoms. The molecule has 1 unspecified atom stereocenters. The third kappa shape index (κ3) is 1.75. The number of hydrogen-bond donors (Lipinski definition) is 1. The first-order valence-corrected chi connectivity index (χ1v) is 7.25. The molecule has 1 aromatic carbocycles. The van der Waals surface area contributed by atoms with Crippen molar-refractivity contribution in [3.05, 3.63) is 34.4 Å². The number of nitrogens with one attached hydrogen (secondary N) is 1. The lowest BCUT2D eigenvalue weighted by atomic mass is 9.97. The molecule has 2 aliphatic carbocycles. The Kier molecular flexibility index (Phi) is 2.69. The van der Waals surface area contributed by atoms with Crippen molar-refractivity contribution in [1.82, 2.24) is 5.32 Å². The highest BCUT2D eigenvalue weighted by Gasteiger charge is 2.63. The number of carbonyl (C=O) groups is 1. The minimum absolute atomic E-state index is 0.0877. The summed E-state index contributed by atoms with van der Waals surface area (Å²) >= 11 is 0. The largest absolute Gasteiger partial charge is 0.333 e. The number of amides is 1. The highest BCUT2D eigenvalue weighted by molar-refractivity contribution is 5.97. The van der Waals surface area contributed by atoms with Crippen LogP contribution < -0.4 is 5.32 Å². The molecule has 0 spiro atoms. The van der Waals surface area contributed by atoms with Crippen LogP contribution in [0.5, 0.6) is 0 Å². The van der Waals surface area contributed by atoms with Gasteiger partial charge in [0.05, 0.1) is 6.07 Å². The normalized spacial score (nSPS) is 25.7. The van der Waals surface area contributed by atoms with Crippen LogP contribution in [-0.4, -0.2) is 11.4 Å². The molecule has 2 aliphatic rings. The quantitative estimate of drug-likeness (QED) is 0.896. The van der Waals surface area contributed by atoms with Crippen molar-refractivity contribution < 1.29 is 4.79 Å². The van der Waals surface area contributed by atoms with Crippen molar-refractivity contribution in [1.29, 1.82) is 5.26 Å². The molecule has 3 nitrogen and oxygen atoms in total. The van der Waals surface area contributed by atoms with Crippen LogP contribution in [0.4, 0.5) is 0 Å². The predicted molar refractivity (Wildman–Crippen MR) is 77.4 cm³/mol. The van der Waals surface area contributed by atoms with Crippen molar-refractivity contribution in [2.75, 3.05) is 0 Å². The Hall–Kier alpha value is -1.82. The highest BCUT2D eigenvalue weighted by Crippen LogP contribution is 2.55. The van der Waals surface area contributed by atoms with E-state index in [4.69, 9.17) is 0 Å². The molecule has 1 N–H and O–H groups in total. The van der Waals surface area contributed by atoms with Crippen LogP contribution >= 0.6 is 0 Å². The Balaban J connectivity index is 1.90. The first-order valence-electron chi connectivity index (χ1n) is 7.25. The summed E-state index contributed by atoms with van der Waals surface area (Å²) in [5, 5.41) is 12.3. The second-order valence-electron chi connectivity index (χ2n) is 6.77. The summed E-state index contributed by atoms with van der Waals surface area (Å²) in [5.41, 5.74) is 3.76. The van der Waals surface area contributed by atoms with Gasteiger partial charge in [-0.2, -0.15) is 5.26 Å². The fraction of sp³-hybridized carbons (Fsp3) is 0.529. The Morgan fingerprint density at radius 2 is 1.95 bits per heavy atom. The number of fused-ring (bicyclic) bond motifs is 1. The molecular formula is C17H20N2O. The molecule has 0 aliphatic heterocycles. The van der Waals surface area contributed by atoms with E-state index in [2.05, 4.69) is 18.3 Å². The van der Waals surface area contributed by atoms with Gasteiger partial charge in [-0.1, -0.05) is 19.9 Å². The van der Waals surface area contributed by atoms with Gasteiger partial charge in [0, 0.05) is 11.0 Å². The Morgan fingerprint density at radius 1 is 1.30 bits per heavy atom. The van der Waals surface area contributed by atoms with Crippen LogP contribution in [-0.2, 0) is 12.8 Å². The second kappa shape index (κ2) is 4.09. The number of aryl methyl sites for hydroxylation is 1. The second-order valence-corrected chi connectivity index (χ2v) is 6.77. The molecule has 0 radical (unpaired) electrons. The molecule has 0 saturated heterocycles. The van der Waals surface area contributed by atoms with Crippen LogP contribution in [0.3, 0.4) is 0 Å². The number of hydrogen-bond acceptors (Lipinski definition) is 2. The van der Waals surface area contributed by atoms with E-state index >= 15 is 0 Å². The maximum Gasteiger partial charge on any atom is 0.252 e. The van der Waals surface area contributed by atoms with Crippen molar-refractivity contribution >= 4 is 5.91 Å². The molecular weight excluding hydrogens is 248 g/mol. The van der Waals surface area contributed by atoms with Crippen molar-refractivity contribution in [3.63, 3.8) is 0 Å². The third-order valence-electron chi connectivity index (χ3n) is 5.02. The van der Waals surface area contributed by atoms with Gasteiger partial charge in [-0.25, -0.2) is 0 Å². The van der Waals surface area contributed by atoms with E-state index in [-0.39, 0.29) is 11.3 Å². The van der Waals surface area contributed by atoms with Crippen LogP contribution in [0.2, 0.25) is 0 Å². The first kappa shape index (κ1) is 13.2. The van der Waals surface area contributed by atoms with Crippen LogP contribution in [0.1, 0.15) is 53.7 Å². The van der Waals surface area contributed by atoms with Gasteiger partial charge in [-0.15, -0.1) is 0 Å². The zero-order valence-corrected chi connectivity index (χ0v) is 12.3. The Morgan fingerprint density at radius 3 is 2.55 bits per heavy atom. The fourth-order valence-electron chi connectivity index (χ4n) is 3.41. The van der Waals surface area contributed by atoms with Gasteiger partial charge in [0.1, 0.15) is 5.54 Å². The average molecular weight is 268 g/mol. The summed E-state index contributed by atoms with van der Waals surface area (Å²) in [6, 6.07) is 6.23. The topological polar surface area (TPSA) is 52.9 Å². The fourth-order valence-corrected chi connectivity index (χ4v) is 3.41. The van der Waals surface area contributed by atoms with Gasteiger partial charge in [0.2, 0.25) is 0 Å². The Labute approximate surface area is 120 Å². The van der Waals surface area contributed by atoms with E-state index in [0.29, 0.717) is 0 Å². The smallest absolute Gasteiger partial charge is 0.252 e. The van der Waals surface area contributed by atoms with Crippen LogP contribution in [0, 0.1) is 23.7 Å². The van der Waals surface area contributed by atoms with Gasteiger partial charge >= 0.3 is 0 Å². The summed E-state index contributed by atoms with van der Waals surface area (Å²) in [5.74, 6) is -0.0877. The highest BCUT2D eigenvalue weighted by atomic mass is 16.1. The van der Waals surface area contributed by atoms with E-state index < -0.39 is 5.54 Å². The first-order chi connectivity index (χ1) is 9.40. The van der Waals surface area contributed by atoms with Gasteiger partial charge in [0.25, 0.3) is 5.91 Å². The molecule has 1 amide bonds. The summed E-state index contributed by atoms with van der Waals surface area (Å²) in [4.78, 5) is 12.6. The van der Waals surface area contributed by atoms with Crippen LogP contribution in [0.15, 0.2) is 12.1 Å². The molecule has 1 saturated carbocycles. The molecule has 104 valence electrons. The van der Waals surface area contributed by atoms with E-state index in [0.717, 1.165) is 31.2 Å². The third-order valence-corrected chi connectivity index (χ3v) is 5.02. The minimum Gasteiger partial charge on any atom is -0.333 e. The average Bonchev–Trinajstić information content (AvgIpc) is 2.79. The van der Waals surface area contributed by atoms with Crippen molar-refractivity contribution in [3.8, 4) is 6.07 Å². The molecule has 0 heterocycles. The van der Waals surface area contributed by atoms with E-state index in [1.54, 1.807) is 0 Å². The zero-order valence-electron chi connectivity index (χ0n) is 12.3. The maximum absolute atomic E-state index is 12.6. The maximum atomic E-state index is 12.6. The van der Waals surface area contributed by atoms with Gasteiger partial charge in [-0.3, -0.25) is 4.79 Å². The van der Waals surface area contributed by atoms with Crippen molar-refractivity contribution in [2.45, 2.75) is 52.0 Å². The number of nitriles is 1. The van der Waals surface area contributed by atoms with E-state index in [9.17, 15) is 10.1 Å². The summed E-state index contributed by atoms with van der Waals surface area (Å²) < 4.78 is 0. The molecule has 3 heteroatoms. The standard InChI is InChI=1S/C17H20N2O/c1-11-7-8-14(13-6-4-5-12(11)13)15(20)19-17(10-18)9-16(17,2)3/h7-8H,4-6,9H2,1-3H3,(H,19,20). The van der Waals surface area contributed by atoms with Gasteiger partial charge in [0.15, 0.2) is 0 Å². The lowest BCUT2D eigenvalue weighted by Gasteiger charge is -2.16. The van der Waals surface area contributed by atoms with Crippen molar-refractivity contribution in [2.24, 2.45) is 5.41 Å². The van der Waals surface area contributed by atoms with Gasteiger partial charge in [-0.05, 0) is 55.4 Å². The molecule has 0 aromatic heterocycles. The molecule has 1 aromatic rings. The predicted octanol–water partition coefficient (Wildman–Crippen LogP) is 2.91. The minimum atomic E-state index is -0.680. The number of nitrogens with zero attached hydrogens (tertiary/aromatic N) is 1. The van der Waals surface area contributed by atoms with Crippen LogP contribution in [0.25, 0.3) is 0 Å². The summed E-state index contributed by atoms with van der Waals surface area (Å²) in [7, 11) is 0. The molecule has 1 fully saturated rings. The van der Waals surface area contributed by atoms with E-state index in [1.165, 1.54) is 16.7 Å². The summed E-state index contributed by atoms with van der Waals surface area (Å²) in [6.45, 7) is 6.15. The molecule has 1 atom stereocenters. The SMILES string of the molecule is Cc1ccc(C(=O)NC2(C#N)CC2(C)C)c2c1CCC2. The summed E-state index contributed by atoms with van der Waals surface area (Å²) in [6.07, 6.45) is 3.89. The number of rotatable bonds is 2. The molecule has 0 bridgehead atoms. The van der Waals surface area contributed by atoms with Gasteiger partial charge < -0.3 is 5.32 Å². The zero-order chi connectivity index (χ0) is 14.5. The monoisotopic (exact) mass is 268 g/mol. The lowest BCUT2D eigenvalue weighted by Crippen LogP contribution is -2.39. The number of benzene rings is 1. The Bertz CT molecular complexity index is 639. The number of carbonyl (C=O) groups excluding carboxylic acids is 1.